The van der Waals surface area contributed by atoms with Crippen LogP contribution in [0.3, 0.4) is 0 Å². The number of hydrogen-bond acceptors (Lipinski definition) is 9. The minimum Gasteiger partial charge on any atom is -0.491 e. The van der Waals surface area contributed by atoms with E-state index in [0.29, 0.717) is 44.3 Å². The van der Waals surface area contributed by atoms with Gasteiger partial charge in [0.15, 0.2) is 16.3 Å². The van der Waals surface area contributed by atoms with Gasteiger partial charge in [-0.15, -0.1) is 0 Å². The Morgan fingerprint density at radius 3 is 2.69 bits per heavy atom. The Labute approximate surface area is 277 Å². The summed E-state index contributed by atoms with van der Waals surface area (Å²) in [5.74, 6) is 2.25. The van der Waals surface area contributed by atoms with Crippen molar-refractivity contribution in [3.8, 4) is 23.0 Å². The third-order valence-electron chi connectivity index (χ3n) is 7.18. The number of thiazole rings is 1. The number of para-hydroxylation sites is 1. The zero-order valence-corrected chi connectivity index (χ0v) is 28.1. The smallest absolute Gasteiger partial charge is 0.338 e. The first-order chi connectivity index (χ1) is 21.7. The minimum absolute atomic E-state index is 0.107. The van der Waals surface area contributed by atoms with E-state index in [1.54, 1.807) is 18.4 Å². The standard InChI is InChI=1S/C34H31IN2O7S/c1-5-40-33(39)30-20(4)36-34-37(31(30)23-8-6-7-9-25(23)44-19(2)3)32(38)29(45-34)16-21-10-12-26(24(35)14-21)41-17-22-11-13-27-28(15-22)43-18-42-27/h6-16,19,31H,5,17-18H2,1-4H3/b29-16+/t31-/m0/s1. The van der Waals surface area contributed by atoms with Gasteiger partial charge in [-0.1, -0.05) is 41.7 Å². The molecule has 0 saturated carbocycles. The van der Waals surface area contributed by atoms with Gasteiger partial charge in [0.25, 0.3) is 5.56 Å². The van der Waals surface area contributed by atoms with Crippen molar-refractivity contribution in [1.29, 1.82) is 0 Å². The van der Waals surface area contributed by atoms with Gasteiger partial charge in [0.2, 0.25) is 6.79 Å². The van der Waals surface area contributed by atoms with Gasteiger partial charge in [0.05, 0.1) is 32.1 Å². The molecule has 0 bridgehead atoms. The van der Waals surface area contributed by atoms with E-state index >= 15 is 0 Å². The van der Waals surface area contributed by atoms with Crippen molar-refractivity contribution >= 4 is 46.0 Å². The molecular formula is C34H31IN2O7S. The molecule has 3 heterocycles. The van der Waals surface area contributed by atoms with Crippen LogP contribution in [0.15, 0.2) is 81.7 Å². The highest BCUT2D eigenvalue weighted by atomic mass is 127. The highest BCUT2D eigenvalue weighted by molar-refractivity contribution is 14.1. The Hall–Kier alpha value is -4.10. The zero-order valence-electron chi connectivity index (χ0n) is 25.2. The topological polar surface area (TPSA) is 97.6 Å². The second-order valence-corrected chi connectivity index (χ2v) is 12.8. The van der Waals surface area contributed by atoms with Gasteiger partial charge in [0, 0.05) is 5.56 Å². The number of aromatic nitrogens is 1. The van der Waals surface area contributed by atoms with Crippen LogP contribution in [0, 0.1) is 3.57 Å². The number of rotatable bonds is 9. The molecule has 3 aromatic carbocycles. The quantitative estimate of drug-likeness (QED) is 0.165. The lowest BCUT2D eigenvalue weighted by molar-refractivity contribution is -0.139. The molecule has 0 unspecified atom stereocenters. The molecule has 11 heteroatoms. The van der Waals surface area contributed by atoms with Gasteiger partial charge in [-0.25, -0.2) is 9.79 Å². The molecule has 0 aliphatic carbocycles. The molecule has 4 aromatic rings. The van der Waals surface area contributed by atoms with Gasteiger partial charge in [0.1, 0.15) is 24.1 Å². The summed E-state index contributed by atoms with van der Waals surface area (Å²) in [5, 5.41) is 0. The molecule has 45 heavy (non-hydrogen) atoms. The number of nitrogens with zero attached hydrogens (tertiary/aromatic N) is 2. The van der Waals surface area contributed by atoms with Crippen molar-refractivity contribution in [2.75, 3.05) is 13.4 Å². The van der Waals surface area contributed by atoms with Crippen LogP contribution in [0.1, 0.15) is 50.4 Å². The molecule has 232 valence electrons. The zero-order chi connectivity index (χ0) is 31.7. The van der Waals surface area contributed by atoms with Gasteiger partial charge in [-0.3, -0.25) is 9.36 Å². The molecule has 1 aromatic heterocycles. The number of ether oxygens (including phenoxy) is 5. The number of fused-ring (bicyclic) bond motifs is 2. The fraction of sp³-hybridized carbons (Fsp3) is 0.265. The van der Waals surface area contributed by atoms with Crippen molar-refractivity contribution in [3.05, 3.63) is 112 Å². The summed E-state index contributed by atoms with van der Waals surface area (Å²) in [6.07, 6.45) is 1.73. The second-order valence-electron chi connectivity index (χ2n) is 10.7. The Morgan fingerprint density at radius 2 is 1.91 bits per heavy atom. The molecule has 0 N–H and O–H groups in total. The third kappa shape index (κ3) is 6.36. The number of allylic oxidation sites excluding steroid dienone is 1. The van der Waals surface area contributed by atoms with Crippen LogP contribution in [-0.2, 0) is 16.1 Å². The molecule has 2 aliphatic heterocycles. The maximum Gasteiger partial charge on any atom is 0.338 e. The summed E-state index contributed by atoms with van der Waals surface area (Å²) in [7, 11) is 0. The number of benzene rings is 3. The maximum atomic E-state index is 14.1. The molecule has 1 atom stereocenters. The average Bonchev–Trinajstić information content (AvgIpc) is 3.59. The first-order valence-corrected chi connectivity index (χ1v) is 16.4. The molecule has 0 radical (unpaired) electrons. The number of carbonyl (C=O) groups is 1. The van der Waals surface area contributed by atoms with Gasteiger partial charge in [-0.2, -0.15) is 0 Å². The first-order valence-electron chi connectivity index (χ1n) is 14.5. The monoisotopic (exact) mass is 738 g/mol. The van der Waals surface area contributed by atoms with Gasteiger partial charge < -0.3 is 23.7 Å². The summed E-state index contributed by atoms with van der Waals surface area (Å²) >= 11 is 3.51. The van der Waals surface area contributed by atoms with E-state index < -0.39 is 12.0 Å². The predicted octanol–water partition coefficient (Wildman–Crippen LogP) is 5.50. The first kappa shape index (κ1) is 30.9. The number of halogens is 1. The Kier molecular flexibility index (Phi) is 8.99. The second kappa shape index (κ2) is 13.1. The molecule has 6 rings (SSSR count). The van der Waals surface area contributed by atoms with Crippen molar-refractivity contribution in [3.63, 3.8) is 0 Å². The maximum absolute atomic E-state index is 14.1. The van der Waals surface area contributed by atoms with Crippen LogP contribution in [-0.4, -0.2) is 30.0 Å². The van der Waals surface area contributed by atoms with Gasteiger partial charge >= 0.3 is 5.97 Å². The van der Waals surface area contributed by atoms with Crippen LogP contribution in [0.4, 0.5) is 0 Å². The highest BCUT2D eigenvalue weighted by Gasteiger charge is 2.35. The molecule has 0 spiro atoms. The van der Waals surface area contributed by atoms with E-state index in [1.165, 1.54) is 11.3 Å². The number of esters is 1. The van der Waals surface area contributed by atoms with E-state index in [0.717, 1.165) is 26.2 Å². The predicted molar refractivity (Wildman–Crippen MR) is 179 cm³/mol. The molecular weight excluding hydrogens is 707 g/mol. The molecule has 0 saturated heterocycles. The number of hydrogen-bond donors (Lipinski definition) is 0. The van der Waals surface area contributed by atoms with E-state index in [9.17, 15) is 9.59 Å². The van der Waals surface area contributed by atoms with Crippen LogP contribution >= 0.6 is 33.9 Å². The van der Waals surface area contributed by atoms with E-state index in [-0.39, 0.29) is 25.1 Å². The summed E-state index contributed by atoms with van der Waals surface area (Å²) in [6.45, 7) is 8.19. The van der Waals surface area contributed by atoms with Crippen LogP contribution < -0.4 is 33.8 Å². The molecule has 0 amide bonds. The summed E-state index contributed by atoms with van der Waals surface area (Å²) < 4.78 is 31.5. The minimum atomic E-state index is -0.760. The van der Waals surface area contributed by atoms with Crippen molar-refractivity contribution in [1.82, 2.24) is 4.57 Å². The van der Waals surface area contributed by atoms with Gasteiger partial charge in [-0.05, 0) is 97.8 Å². The lowest BCUT2D eigenvalue weighted by atomic mass is 9.95. The lowest BCUT2D eigenvalue weighted by Gasteiger charge is -2.26. The third-order valence-corrected chi connectivity index (χ3v) is 9.00. The summed E-state index contributed by atoms with van der Waals surface area (Å²) in [5.41, 5.74) is 3.05. The van der Waals surface area contributed by atoms with Crippen molar-refractivity contribution in [2.45, 2.75) is 46.4 Å². The van der Waals surface area contributed by atoms with E-state index in [4.69, 9.17) is 23.7 Å². The van der Waals surface area contributed by atoms with E-state index in [1.807, 2.05) is 80.6 Å². The van der Waals surface area contributed by atoms with Crippen LogP contribution in [0.25, 0.3) is 6.08 Å². The van der Waals surface area contributed by atoms with Crippen molar-refractivity contribution < 1.29 is 28.5 Å². The highest BCUT2D eigenvalue weighted by Crippen LogP contribution is 2.36. The normalized spacial score (nSPS) is 15.6. The Bertz CT molecular complexity index is 2000. The number of carbonyl (C=O) groups excluding carboxylic acids is 1. The Balaban J connectivity index is 1.35. The SMILES string of the molecule is CCOC(=O)C1=C(C)N=c2s/c(=C/c3ccc(OCc4ccc5c(c4)OCO5)c(I)c3)c(=O)n2[C@H]1c1ccccc1OC(C)C. The fourth-order valence-corrected chi connectivity index (χ4v) is 6.96. The Morgan fingerprint density at radius 1 is 1.11 bits per heavy atom. The molecule has 9 nitrogen and oxygen atoms in total. The molecule has 0 fully saturated rings. The van der Waals surface area contributed by atoms with E-state index in [2.05, 4.69) is 27.6 Å². The summed E-state index contributed by atoms with van der Waals surface area (Å²) in [6, 6.07) is 18.2. The van der Waals surface area contributed by atoms with Crippen LogP contribution in [0.5, 0.6) is 23.0 Å². The van der Waals surface area contributed by atoms with Crippen molar-refractivity contribution in [2.24, 2.45) is 4.99 Å². The lowest BCUT2D eigenvalue weighted by Crippen LogP contribution is -2.40. The van der Waals surface area contributed by atoms with Crippen LogP contribution in [0.2, 0.25) is 0 Å². The summed E-state index contributed by atoms with van der Waals surface area (Å²) in [4.78, 5) is 32.6. The fourth-order valence-electron chi connectivity index (χ4n) is 5.22. The largest absolute Gasteiger partial charge is 0.491 e. The average molecular weight is 739 g/mol. The molecule has 2 aliphatic rings.